The third kappa shape index (κ3) is 4.71. The highest BCUT2D eigenvalue weighted by molar-refractivity contribution is 6.00. The van der Waals surface area contributed by atoms with Crippen LogP contribution in [0.15, 0.2) is 42.5 Å². The van der Waals surface area contributed by atoms with Gasteiger partial charge in [0, 0.05) is 50.9 Å². The van der Waals surface area contributed by atoms with Crippen LogP contribution in [0.25, 0.3) is 0 Å². The fourth-order valence-electron chi connectivity index (χ4n) is 4.72. The van der Waals surface area contributed by atoms with Crippen LogP contribution >= 0.6 is 0 Å². The minimum Gasteiger partial charge on any atom is -0.371 e. The molecule has 31 heavy (non-hydrogen) atoms. The molecule has 2 aromatic carbocycles. The van der Waals surface area contributed by atoms with Gasteiger partial charge in [-0.1, -0.05) is 31.2 Å². The first-order valence-corrected chi connectivity index (χ1v) is 11.2. The molecule has 0 radical (unpaired) electrons. The van der Waals surface area contributed by atoms with Gasteiger partial charge in [-0.3, -0.25) is 19.8 Å². The van der Waals surface area contributed by atoms with Crippen LogP contribution in [-0.4, -0.2) is 48.0 Å². The molecule has 0 spiro atoms. The summed E-state index contributed by atoms with van der Waals surface area (Å²) in [4.78, 5) is 28.5. The number of carbonyl (C=O) groups excluding carboxylic acids is 1. The molecule has 7 nitrogen and oxygen atoms in total. The highest BCUT2D eigenvalue weighted by atomic mass is 16.6. The molecule has 1 amide bonds. The lowest BCUT2D eigenvalue weighted by Crippen LogP contribution is -2.45. The van der Waals surface area contributed by atoms with Crippen molar-refractivity contribution in [3.05, 3.63) is 69.3 Å². The lowest BCUT2D eigenvalue weighted by atomic mass is 9.98. The van der Waals surface area contributed by atoms with Gasteiger partial charge in [-0.2, -0.15) is 0 Å². The highest BCUT2D eigenvalue weighted by Gasteiger charge is 2.25. The summed E-state index contributed by atoms with van der Waals surface area (Å²) in [5.74, 6) is -0.235. The molecule has 2 aliphatic rings. The zero-order valence-electron chi connectivity index (χ0n) is 18.0. The molecule has 2 heterocycles. The number of nitro groups is 1. The van der Waals surface area contributed by atoms with Crippen molar-refractivity contribution in [2.75, 3.05) is 31.1 Å². The van der Waals surface area contributed by atoms with E-state index < -0.39 is 4.92 Å². The average molecular weight is 423 g/mol. The van der Waals surface area contributed by atoms with E-state index in [-0.39, 0.29) is 17.6 Å². The molecule has 1 N–H and O–H groups in total. The molecule has 0 aliphatic carbocycles. The highest BCUT2D eigenvalue weighted by Crippen LogP contribution is 2.28. The SMILES string of the molecule is CCC(CNC(=O)c1cc([N+](=O)[O-])ccc1N1CCCC1)N1CCc2ccccc2C1. The zero-order chi connectivity index (χ0) is 21.8. The van der Waals surface area contributed by atoms with Gasteiger partial charge in [-0.25, -0.2) is 0 Å². The fraction of sp³-hybridized carbons (Fsp3) is 0.458. The summed E-state index contributed by atoms with van der Waals surface area (Å²) >= 11 is 0. The monoisotopic (exact) mass is 422 g/mol. The third-order valence-electron chi connectivity index (χ3n) is 6.53. The second-order valence-corrected chi connectivity index (χ2v) is 8.41. The van der Waals surface area contributed by atoms with E-state index in [0.29, 0.717) is 12.1 Å². The Morgan fingerprint density at radius 2 is 1.87 bits per heavy atom. The molecular formula is C24H30N4O3. The van der Waals surface area contributed by atoms with Gasteiger partial charge in [0.1, 0.15) is 0 Å². The smallest absolute Gasteiger partial charge is 0.270 e. The average Bonchev–Trinajstić information content (AvgIpc) is 3.33. The number of anilines is 1. The summed E-state index contributed by atoms with van der Waals surface area (Å²) < 4.78 is 0. The number of benzene rings is 2. The first-order chi connectivity index (χ1) is 15.1. The molecule has 2 aromatic rings. The van der Waals surface area contributed by atoms with E-state index in [4.69, 9.17) is 0 Å². The predicted molar refractivity (Wildman–Crippen MR) is 122 cm³/mol. The van der Waals surface area contributed by atoms with Gasteiger partial charge < -0.3 is 10.2 Å². The van der Waals surface area contributed by atoms with Gasteiger partial charge in [0.15, 0.2) is 0 Å². The van der Waals surface area contributed by atoms with Crippen molar-refractivity contribution in [2.45, 2.75) is 45.2 Å². The van der Waals surface area contributed by atoms with Crippen LogP contribution in [0.3, 0.4) is 0 Å². The fourth-order valence-corrected chi connectivity index (χ4v) is 4.72. The summed E-state index contributed by atoms with van der Waals surface area (Å²) in [6, 6.07) is 13.4. The lowest BCUT2D eigenvalue weighted by molar-refractivity contribution is -0.384. The Hall–Kier alpha value is -2.93. The molecule has 7 heteroatoms. The zero-order valence-corrected chi connectivity index (χ0v) is 18.0. The van der Waals surface area contributed by atoms with Crippen molar-refractivity contribution < 1.29 is 9.72 Å². The van der Waals surface area contributed by atoms with E-state index in [1.807, 2.05) is 0 Å². The number of carbonyl (C=O) groups is 1. The van der Waals surface area contributed by atoms with Gasteiger partial charge in [0.2, 0.25) is 0 Å². The largest absolute Gasteiger partial charge is 0.371 e. The van der Waals surface area contributed by atoms with E-state index >= 15 is 0 Å². The number of hydrogen-bond acceptors (Lipinski definition) is 5. The summed E-state index contributed by atoms with van der Waals surface area (Å²) in [6.07, 6.45) is 4.10. The summed E-state index contributed by atoms with van der Waals surface area (Å²) in [6.45, 7) is 6.29. The van der Waals surface area contributed by atoms with Crippen molar-refractivity contribution >= 4 is 17.3 Å². The van der Waals surface area contributed by atoms with E-state index in [1.165, 1.54) is 23.3 Å². The van der Waals surface area contributed by atoms with Crippen LogP contribution in [0, 0.1) is 10.1 Å². The molecule has 1 saturated heterocycles. The second-order valence-electron chi connectivity index (χ2n) is 8.41. The Morgan fingerprint density at radius 3 is 2.58 bits per heavy atom. The van der Waals surface area contributed by atoms with E-state index in [1.54, 1.807) is 6.07 Å². The third-order valence-corrected chi connectivity index (χ3v) is 6.53. The maximum Gasteiger partial charge on any atom is 0.270 e. The molecule has 0 bridgehead atoms. The molecule has 164 valence electrons. The summed E-state index contributed by atoms with van der Waals surface area (Å²) in [5, 5.41) is 14.4. The van der Waals surface area contributed by atoms with Crippen molar-refractivity contribution in [1.82, 2.24) is 10.2 Å². The van der Waals surface area contributed by atoms with Crippen molar-refractivity contribution in [3.63, 3.8) is 0 Å². The van der Waals surface area contributed by atoms with Crippen molar-refractivity contribution in [2.24, 2.45) is 0 Å². The molecule has 1 fully saturated rings. The maximum atomic E-state index is 13.1. The Morgan fingerprint density at radius 1 is 1.13 bits per heavy atom. The number of nitrogens with zero attached hydrogens (tertiary/aromatic N) is 3. The molecule has 0 saturated carbocycles. The first kappa shape index (κ1) is 21.3. The van der Waals surface area contributed by atoms with Gasteiger partial charge in [-0.15, -0.1) is 0 Å². The van der Waals surface area contributed by atoms with E-state index in [9.17, 15) is 14.9 Å². The molecular weight excluding hydrogens is 392 g/mol. The van der Waals surface area contributed by atoms with Crippen LogP contribution in [0.5, 0.6) is 0 Å². The molecule has 0 aromatic heterocycles. The standard InChI is InChI=1S/C24H30N4O3/c1-2-20(27-14-11-18-7-3-4-8-19(18)17-27)16-25-24(29)22-15-21(28(30)31)9-10-23(22)26-12-5-6-13-26/h3-4,7-10,15,20H,2,5-6,11-14,16-17H2,1H3,(H,25,29). The number of amides is 1. The number of fused-ring (bicyclic) bond motifs is 1. The number of non-ortho nitro benzene ring substituents is 1. The van der Waals surface area contributed by atoms with Crippen LogP contribution < -0.4 is 10.2 Å². The predicted octanol–water partition coefficient (Wildman–Crippen LogP) is 3.76. The van der Waals surface area contributed by atoms with Crippen LogP contribution in [-0.2, 0) is 13.0 Å². The second kappa shape index (κ2) is 9.47. The maximum absolute atomic E-state index is 13.1. The number of nitrogens with one attached hydrogen (secondary N) is 1. The number of rotatable bonds is 7. The van der Waals surface area contributed by atoms with E-state index in [2.05, 4.69) is 46.3 Å². The first-order valence-electron chi connectivity index (χ1n) is 11.2. The minimum atomic E-state index is -0.440. The minimum absolute atomic E-state index is 0.0484. The van der Waals surface area contributed by atoms with Gasteiger partial charge in [-0.05, 0) is 42.9 Å². The van der Waals surface area contributed by atoms with Gasteiger partial charge in [0.25, 0.3) is 11.6 Å². The Bertz CT molecular complexity index is 956. The molecule has 1 unspecified atom stereocenters. The number of hydrogen-bond donors (Lipinski definition) is 1. The van der Waals surface area contributed by atoms with Crippen molar-refractivity contribution in [1.29, 1.82) is 0 Å². The van der Waals surface area contributed by atoms with Crippen molar-refractivity contribution in [3.8, 4) is 0 Å². The molecule has 4 rings (SSSR count). The molecule has 2 aliphatic heterocycles. The topological polar surface area (TPSA) is 78.7 Å². The Kier molecular flexibility index (Phi) is 6.51. The van der Waals surface area contributed by atoms with Gasteiger partial charge in [0.05, 0.1) is 16.2 Å². The Balaban J connectivity index is 1.47. The number of nitro benzene ring substituents is 1. The van der Waals surface area contributed by atoms with Crippen LogP contribution in [0.4, 0.5) is 11.4 Å². The van der Waals surface area contributed by atoms with Crippen LogP contribution in [0.1, 0.15) is 47.7 Å². The molecule has 1 atom stereocenters. The lowest BCUT2D eigenvalue weighted by Gasteiger charge is -2.35. The van der Waals surface area contributed by atoms with E-state index in [0.717, 1.165) is 57.5 Å². The van der Waals surface area contributed by atoms with Crippen LogP contribution in [0.2, 0.25) is 0 Å². The quantitative estimate of drug-likeness (QED) is 0.543. The summed E-state index contributed by atoms with van der Waals surface area (Å²) in [7, 11) is 0. The van der Waals surface area contributed by atoms with Gasteiger partial charge >= 0.3 is 0 Å². The summed E-state index contributed by atoms with van der Waals surface area (Å²) in [5.41, 5.74) is 3.90. The Labute approximate surface area is 183 Å². The normalized spacial score (nSPS) is 17.3.